The molecule has 110 valence electrons. The lowest BCUT2D eigenvalue weighted by Gasteiger charge is -2.17. The van der Waals surface area contributed by atoms with Gasteiger partial charge in [-0.1, -0.05) is 26.7 Å². The predicted octanol–water partition coefficient (Wildman–Crippen LogP) is 2.16. The van der Waals surface area contributed by atoms with E-state index in [-0.39, 0.29) is 24.0 Å². The molecule has 0 rings (SSSR count). The van der Waals surface area contributed by atoms with Gasteiger partial charge < -0.3 is 15.5 Å². The van der Waals surface area contributed by atoms with Crippen LogP contribution in [0, 0.1) is 5.92 Å². The lowest BCUT2D eigenvalue weighted by molar-refractivity contribution is 0.399. The maximum atomic E-state index is 4.23. The Kier molecular flexibility index (Phi) is 15.1. The van der Waals surface area contributed by atoms with Crippen LogP contribution in [0.15, 0.2) is 4.99 Å². The Hall–Kier alpha value is -0.0400. The number of hydrogen-bond donors (Lipinski definition) is 2. The SMILES string of the molecule is CCC(CC)CNC(=NC)NCCCN(C)C.I. The summed E-state index contributed by atoms with van der Waals surface area (Å²) >= 11 is 0. The van der Waals surface area contributed by atoms with Crippen LogP contribution in [0.1, 0.15) is 33.1 Å². The molecule has 0 bridgehead atoms. The molecule has 0 aliphatic rings. The van der Waals surface area contributed by atoms with Crippen LogP contribution in [0.25, 0.3) is 0 Å². The highest BCUT2D eigenvalue weighted by Crippen LogP contribution is 2.04. The highest BCUT2D eigenvalue weighted by atomic mass is 127. The van der Waals surface area contributed by atoms with Crippen molar-refractivity contribution in [3.05, 3.63) is 0 Å². The molecule has 0 aliphatic heterocycles. The number of rotatable bonds is 8. The van der Waals surface area contributed by atoms with Crippen molar-refractivity contribution < 1.29 is 0 Å². The molecule has 0 fully saturated rings. The zero-order valence-electron chi connectivity index (χ0n) is 12.6. The third-order valence-corrected chi connectivity index (χ3v) is 3.01. The van der Waals surface area contributed by atoms with Gasteiger partial charge in [0.1, 0.15) is 0 Å². The molecule has 0 amide bonds. The third kappa shape index (κ3) is 11.1. The average molecular weight is 370 g/mol. The molecule has 18 heavy (non-hydrogen) atoms. The summed E-state index contributed by atoms with van der Waals surface area (Å²) in [7, 11) is 6.02. The van der Waals surface area contributed by atoms with Crippen molar-refractivity contribution in [1.29, 1.82) is 0 Å². The van der Waals surface area contributed by atoms with E-state index in [9.17, 15) is 0 Å². The van der Waals surface area contributed by atoms with Crippen LogP contribution in [0.5, 0.6) is 0 Å². The first kappa shape index (κ1) is 20.3. The summed E-state index contributed by atoms with van der Waals surface area (Å²) in [5, 5.41) is 6.73. The first-order chi connectivity index (χ1) is 8.13. The molecule has 0 aromatic carbocycles. The fourth-order valence-corrected chi connectivity index (χ4v) is 1.64. The first-order valence-corrected chi connectivity index (χ1v) is 6.73. The van der Waals surface area contributed by atoms with E-state index >= 15 is 0 Å². The molecule has 0 saturated heterocycles. The van der Waals surface area contributed by atoms with Crippen molar-refractivity contribution in [2.75, 3.05) is 40.8 Å². The lowest BCUT2D eigenvalue weighted by atomic mass is 10.0. The normalized spacial score (nSPS) is 11.6. The van der Waals surface area contributed by atoms with Crippen LogP contribution >= 0.6 is 24.0 Å². The Morgan fingerprint density at radius 3 is 2.22 bits per heavy atom. The molecule has 0 aliphatic carbocycles. The Morgan fingerprint density at radius 2 is 1.78 bits per heavy atom. The summed E-state index contributed by atoms with van der Waals surface area (Å²) in [6, 6.07) is 0. The number of aliphatic imine (C=N–C) groups is 1. The molecule has 0 atom stereocenters. The van der Waals surface area contributed by atoms with E-state index in [0.717, 1.165) is 37.9 Å². The quantitative estimate of drug-likeness (QED) is 0.298. The third-order valence-electron chi connectivity index (χ3n) is 3.01. The van der Waals surface area contributed by atoms with Crippen molar-refractivity contribution in [1.82, 2.24) is 15.5 Å². The molecule has 0 saturated carbocycles. The average Bonchev–Trinajstić information content (AvgIpc) is 2.32. The van der Waals surface area contributed by atoms with Gasteiger partial charge in [0.05, 0.1) is 0 Å². The van der Waals surface area contributed by atoms with E-state index in [0.29, 0.717) is 0 Å². The molecule has 2 N–H and O–H groups in total. The van der Waals surface area contributed by atoms with Crippen LogP contribution in [0.3, 0.4) is 0 Å². The van der Waals surface area contributed by atoms with Crippen molar-refractivity contribution in [2.24, 2.45) is 10.9 Å². The molecular weight excluding hydrogens is 339 g/mol. The molecule has 4 nitrogen and oxygen atoms in total. The van der Waals surface area contributed by atoms with E-state index < -0.39 is 0 Å². The minimum absolute atomic E-state index is 0. The van der Waals surface area contributed by atoms with Gasteiger partial charge in [-0.2, -0.15) is 0 Å². The van der Waals surface area contributed by atoms with Gasteiger partial charge >= 0.3 is 0 Å². The molecule has 0 spiro atoms. The number of halogens is 1. The van der Waals surface area contributed by atoms with Gasteiger partial charge in [0.25, 0.3) is 0 Å². The lowest BCUT2D eigenvalue weighted by Crippen LogP contribution is -2.40. The van der Waals surface area contributed by atoms with Gasteiger partial charge in [-0.25, -0.2) is 0 Å². The molecule has 0 unspecified atom stereocenters. The summed E-state index contributed by atoms with van der Waals surface area (Å²) in [4.78, 5) is 6.42. The first-order valence-electron chi connectivity index (χ1n) is 6.73. The van der Waals surface area contributed by atoms with E-state index in [1.807, 2.05) is 7.05 Å². The van der Waals surface area contributed by atoms with Crippen molar-refractivity contribution in [3.63, 3.8) is 0 Å². The van der Waals surface area contributed by atoms with E-state index in [2.05, 4.69) is 48.5 Å². The number of guanidine groups is 1. The molecule has 0 heterocycles. The minimum Gasteiger partial charge on any atom is -0.356 e. The van der Waals surface area contributed by atoms with Gasteiger partial charge in [0, 0.05) is 20.1 Å². The Labute approximate surface area is 130 Å². The van der Waals surface area contributed by atoms with E-state index in [1.54, 1.807) is 0 Å². The van der Waals surface area contributed by atoms with Gasteiger partial charge in [-0.15, -0.1) is 24.0 Å². The fraction of sp³-hybridized carbons (Fsp3) is 0.923. The van der Waals surface area contributed by atoms with Gasteiger partial charge in [-0.3, -0.25) is 4.99 Å². The maximum absolute atomic E-state index is 4.23. The number of nitrogens with zero attached hydrogens (tertiary/aromatic N) is 2. The largest absolute Gasteiger partial charge is 0.356 e. The van der Waals surface area contributed by atoms with E-state index in [4.69, 9.17) is 0 Å². The molecule has 0 radical (unpaired) electrons. The maximum Gasteiger partial charge on any atom is 0.190 e. The fourth-order valence-electron chi connectivity index (χ4n) is 1.64. The Balaban J connectivity index is 0. The van der Waals surface area contributed by atoms with Crippen LogP contribution in [-0.2, 0) is 0 Å². The number of hydrogen-bond acceptors (Lipinski definition) is 2. The second-order valence-electron chi connectivity index (χ2n) is 4.72. The molecular formula is C13H31IN4. The second-order valence-corrected chi connectivity index (χ2v) is 4.72. The van der Waals surface area contributed by atoms with Crippen molar-refractivity contribution in [2.45, 2.75) is 33.1 Å². The molecule has 5 heteroatoms. The minimum atomic E-state index is 0. The van der Waals surface area contributed by atoms with Crippen LogP contribution in [0.2, 0.25) is 0 Å². The zero-order valence-corrected chi connectivity index (χ0v) is 15.0. The number of nitrogens with one attached hydrogen (secondary N) is 2. The standard InChI is InChI=1S/C13H30N4.HI/c1-6-12(7-2)11-16-13(14-3)15-9-8-10-17(4)5;/h12H,6-11H2,1-5H3,(H2,14,15,16);1H. The summed E-state index contributed by atoms with van der Waals surface area (Å²) in [5.74, 6) is 1.67. The Morgan fingerprint density at radius 1 is 1.17 bits per heavy atom. The summed E-state index contributed by atoms with van der Waals surface area (Å²) in [6.45, 7) is 7.57. The van der Waals surface area contributed by atoms with Crippen LogP contribution in [-0.4, -0.2) is 51.6 Å². The van der Waals surface area contributed by atoms with Gasteiger partial charge in [-0.05, 0) is 33.0 Å². The van der Waals surface area contributed by atoms with Crippen molar-refractivity contribution >= 4 is 29.9 Å². The second kappa shape index (κ2) is 13.4. The molecule has 0 aromatic rings. The summed E-state index contributed by atoms with van der Waals surface area (Å²) in [5.41, 5.74) is 0. The van der Waals surface area contributed by atoms with Gasteiger partial charge in [0.15, 0.2) is 5.96 Å². The zero-order chi connectivity index (χ0) is 13.1. The predicted molar refractivity (Wildman–Crippen MR) is 92.0 cm³/mol. The monoisotopic (exact) mass is 370 g/mol. The topological polar surface area (TPSA) is 39.7 Å². The van der Waals surface area contributed by atoms with Crippen LogP contribution < -0.4 is 10.6 Å². The van der Waals surface area contributed by atoms with Gasteiger partial charge in [0.2, 0.25) is 0 Å². The summed E-state index contributed by atoms with van der Waals surface area (Å²) < 4.78 is 0. The molecule has 0 aromatic heterocycles. The Bertz CT molecular complexity index is 203. The van der Waals surface area contributed by atoms with Crippen molar-refractivity contribution in [3.8, 4) is 0 Å². The van der Waals surface area contributed by atoms with E-state index in [1.165, 1.54) is 12.8 Å². The van der Waals surface area contributed by atoms with Crippen LogP contribution in [0.4, 0.5) is 0 Å². The highest BCUT2D eigenvalue weighted by Gasteiger charge is 2.04. The highest BCUT2D eigenvalue weighted by molar-refractivity contribution is 14.0. The summed E-state index contributed by atoms with van der Waals surface area (Å²) in [6.07, 6.45) is 3.58. The smallest absolute Gasteiger partial charge is 0.190 e.